The van der Waals surface area contributed by atoms with Gasteiger partial charge in [-0.15, -0.1) is 0 Å². The van der Waals surface area contributed by atoms with Crippen molar-refractivity contribution >= 4 is 28.5 Å². The van der Waals surface area contributed by atoms with Crippen LogP contribution in [0.2, 0.25) is 0 Å². The highest BCUT2D eigenvalue weighted by molar-refractivity contribution is 6.14. The molecular weight excluding hydrogens is 292 g/mol. The number of benzene rings is 2. The Balaban J connectivity index is 2.61. The summed E-state index contributed by atoms with van der Waals surface area (Å²) < 4.78 is 0. The molecule has 23 heavy (non-hydrogen) atoms. The second kappa shape index (κ2) is 5.59. The van der Waals surface area contributed by atoms with Crippen LogP contribution in [0.1, 0.15) is 18.9 Å². The lowest BCUT2D eigenvalue weighted by Gasteiger charge is -2.27. The van der Waals surface area contributed by atoms with E-state index in [1.165, 1.54) is 0 Å². The van der Waals surface area contributed by atoms with Crippen molar-refractivity contribution in [2.24, 2.45) is 0 Å². The molecule has 114 valence electrons. The van der Waals surface area contributed by atoms with Gasteiger partial charge in [0, 0.05) is 16.0 Å². The van der Waals surface area contributed by atoms with Crippen molar-refractivity contribution in [3.8, 4) is 6.07 Å². The van der Waals surface area contributed by atoms with Crippen molar-refractivity contribution in [3.63, 3.8) is 0 Å². The van der Waals surface area contributed by atoms with Gasteiger partial charge >= 0.3 is 5.97 Å². The van der Waals surface area contributed by atoms with Gasteiger partial charge in [0.15, 0.2) is 0 Å². The highest BCUT2D eigenvalue weighted by Crippen LogP contribution is 2.33. The van der Waals surface area contributed by atoms with Crippen molar-refractivity contribution in [1.82, 2.24) is 0 Å². The van der Waals surface area contributed by atoms with Crippen LogP contribution in [0.25, 0.3) is 11.1 Å². The molecule has 5 nitrogen and oxygen atoms in total. The van der Waals surface area contributed by atoms with Crippen LogP contribution in [-0.4, -0.2) is 16.3 Å². The third kappa shape index (κ3) is 2.17. The lowest BCUT2D eigenvalue weighted by Crippen LogP contribution is -2.38. The van der Waals surface area contributed by atoms with E-state index < -0.39 is 5.97 Å². The molecule has 0 spiro atoms. The number of rotatable bonds is 2. The van der Waals surface area contributed by atoms with E-state index in [1.807, 2.05) is 25.1 Å². The SMILES string of the molecule is CCC1=c2c(cccc2=C(C#N)C(=O)O)N(O)c2ccccc21. The number of nitriles is 1. The summed E-state index contributed by atoms with van der Waals surface area (Å²) >= 11 is 0. The quantitative estimate of drug-likeness (QED) is 0.885. The molecule has 2 N–H and O–H groups in total. The van der Waals surface area contributed by atoms with Gasteiger partial charge in [-0.1, -0.05) is 37.3 Å². The lowest BCUT2D eigenvalue weighted by atomic mass is 9.92. The summed E-state index contributed by atoms with van der Waals surface area (Å²) in [5.41, 5.74) is 2.53. The Morgan fingerprint density at radius 3 is 2.52 bits per heavy atom. The third-order valence-electron chi connectivity index (χ3n) is 3.98. The second-order valence-electron chi connectivity index (χ2n) is 5.15. The van der Waals surface area contributed by atoms with E-state index in [2.05, 4.69) is 0 Å². The first-order valence-corrected chi connectivity index (χ1v) is 7.18. The van der Waals surface area contributed by atoms with Gasteiger partial charge in [0.05, 0.1) is 11.4 Å². The van der Waals surface area contributed by atoms with Crippen LogP contribution in [-0.2, 0) is 4.79 Å². The average molecular weight is 306 g/mol. The highest BCUT2D eigenvalue weighted by Gasteiger charge is 2.23. The molecule has 0 aromatic heterocycles. The number of carboxylic acid groups (broad SMARTS) is 1. The number of para-hydroxylation sites is 1. The zero-order chi connectivity index (χ0) is 16.6. The van der Waals surface area contributed by atoms with E-state index >= 15 is 0 Å². The molecule has 2 aromatic carbocycles. The first kappa shape index (κ1) is 14.8. The zero-order valence-electron chi connectivity index (χ0n) is 12.4. The molecule has 0 radical (unpaired) electrons. The number of fused-ring (bicyclic) bond motifs is 2. The molecule has 0 aliphatic carbocycles. The lowest BCUT2D eigenvalue weighted by molar-refractivity contribution is -0.130. The highest BCUT2D eigenvalue weighted by atomic mass is 16.5. The van der Waals surface area contributed by atoms with Gasteiger partial charge in [0.25, 0.3) is 0 Å². The molecule has 0 saturated heterocycles. The molecule has 5 heteroatoms. The molecule has 0 unspecified atom stereocenters. The molecule has 0 atom stereocenters. The van der Waals surface area contributed by atoms with Crippen molar-refractivity contribution in [1.29, 1.82) is 5.26 Å². The van der Waals surface area contributed by atoms with E-state index in [4.69, 9.17) is 0 Å². The predicted molar refractivity (Wildman–Crippen MR) is 85.5 cm³/mol. The first-order chi connectivity index (χ1) is 11.1. The van der Waals surface area contributed by atoms with Crippen molar-refractivity contribution in [2.75, 3.05) is 5.06 Å². The zero-order valence-corrected chi connectivity index (χ0v) is 12.4. The molecule has 0 bridgehead atoms. The van der Waals surface area contributed by atoms with E-state index in [-0.39, 0.29) is 5.57 Å². The maximum Gasteiger partial charge on any atom is 0.347 e. The van der Waals surface area contributed by atoms with E-state index in [0.717, 1.165) is 16.2 Å². The first-order valence-electron chi connectivity index (χ1n) is 7.18. The van der Waals surface area contributed by atoms with Crippen LogP contribution >= 0.6 is 0 Å². The molecule has 0 amide bonds. The number of hydrogen-bond acceptors (Lipinski definition) is 4. The van der Waals surface area contributed by atoms with Gasteiger partial charge in [-0.05, 0) is 24.1 Å². The van der Waals surface area contributed by atoms with Gasteiger partial charge in [-0.25, -0.2) is 9.86 Å². The number of aliphatic carboxylic acids is 1. The molecule has 1 heterocycles. The molecule has 3 rings (SSSR count). The number of carbonyl (C=O) groups is 1. The Kier molecular flexibility index (Phi) is 3.61. The summed E-state index contributed by atoms with van der Waals surface area (Å²) in [5.74, 6) is -1.28. The minimum atomic E-state index is -1.28. The van der Waals surface area contributed by atoms with E-state index in [0.29, 0.717) is 28.2 Å². The smallest absolute Gasteiger partial charge is 0.347 e. The average Bonchev–Trinajstić information content (AvgIpc) is 2.56. The Morgan fingerprint density at radius 1 is 1.17 bits per heavy atom. The molecule has 1 aliphatic rings. The van der Waals surface area contributed by atoms with Gasteiger partial charge in [-0.2, -0.15) is 5.26 Å². The Labute approximate surface area is 132 Å². The summed E-state index contributed by atoms with van der Waals surface area (Å²) in [6.07, 6.45) is 0.646. The monoisotopic (exact) mass is 306 g/mol. The minimum absolute atomic E-state index is 0.322. The van der Waals surface area contributed by atoms with Gasteiger partial charge in [-0.3, -0.25) is 5.21 Å². The van der Waals surface area contributed by atoms with E-state index in [1.54, 1.807) is 30.3 Å². The van der Waals surface area contributed by atoms with Crippen LogP contribution < -0.4 is 15.5 Å². The van der Waals surface area contributed by atoms with Gasteiger partial charge in [0.2, 0.25) is 0 Å². The Morgan fingerprint density at radius 2 is 1.87 bits per heavy atom. The van der Waals surface area contributed by atoms with Crippen molar-refractivity contribution in [2.45, 2.75) is 13.3 Å². The van der Waals surface area contributed by atoms with Gasteiger partial charge < -0.3 is 5.11 Å². The maximum atomic E-state index is 11.4. The second-order valence-corrected chi connectivity index (χ2v) is 5.15. The van der Waals surface area contributed by atoms with Crippen LogP contribution in [0.5, 0.6) is 0 Å². The number of hydrogen-bond donors (Lipinski definition) is 2. The number of anilines is 2. The summed E-state index contributed by atoms with van der Waals surface area (Å²) in [4.78, 5) is 11.4. The fourth-order valence-electron chi connectivity index (χ4n) is 3.01. The van der Waals surface area contributed by atoms with E-state index in [9.17, 15) is 20.4 Å². The molecule has 0 saturated carbocycles. The normalized spacial score (nSPS) is 13.8. The maximum absolute atomic E-state index is 11.4. The summed E-state index contributed by atoms with van der Waals surface area (Å²) in [5, 5.41) is 31.0. The number of carboxylic acids is 1. The van der Waals surface area contributed by atoms with Crippen molar-refractivity contribution < 1.29 is 15.1 Å². The van der Waals surface area contributed by atoms with Crippen molar-refractivity contribution in [3.05, 3.63) is 58.5 Å². The summed E-state index contributed by atoms with van der Waals surface area (Å²) in [6.45, 7) is 1.96. The molecule has 0 fully saturated rings. The largest absolute Gasteiger partial charge is 0.477 e. The number of nitrogens with zero attached hydrogens (tertiary/aromatic N) is 2. The van der Waals surface area contributed by atoms with Crippen LogP contribution in [0.3, 0.4) is 0 Å². The fourth-order valence-corrected chi connectivity index (χ4v) is 3.01. The van der Waals surface area contributed by atoms with Gasteiger partial charge in [0.1, 0.15) is 11.6 Å². The van der Waals surface area contributed by atoms with Crippen LogP contribution in [0.4, 0.5) is 11.4 Å². The summed E-state index contributed by atoms with van der Waals surface area (Å²) in [6, 6.07) is 14.1. The Hall–Kier alpha value is -3.10. The fraction of sp³-hybridized carbons (Fsp3) is 0.111. The third-order valence-corrected chi connectivity index (χ3v) is 3.98. The minimum Gasteiger partial charge on any atom is -0.477 e. The standard InChI is InChI=1S/C18H14N2O3/c1-2-11-12-6-3-4-8-15(12)20(23)16-9-5-7-13(17(11)16)14(10-19)18(21)22/h3-9,23H,2H2,1H3,(H,21,22). The molecule has 2 aromatic rings. The van der Waals surface area contributed by atoms with Crippen LogP contribution in [0.15, 0.2) is 42.5 Å². The Bertz CT molecular complexity index is 970. The topological polar surface area (TPSA) is 84.6 Å². The predicted octanol–water partition coefficient (Wildman–Crippen LogP) is 1.90. The van der Waals surface area contributed by atoms with Crippen LogP contribution in [0, 0.1) is 11.3 Å². The molecular formula is C18H14N2O3. The molecule has 1 aliphatic heterocycles. The summed E-state index contributed by atoms with van der Waals surface area (Å²) in [7, 11) is 0.